The maximum absolute atomic E-state index is 12.8. The quantitative estimate of drug-likeness (QED) is 0.560. The van der Waals surface area contributed by atoms with Crippen LogP contribution in [0.2, 0.25) is 5.02 Å². The van der Waals surface area contributed by atoms with E-state index in [1.54, 1.807) is 36.4 Å². The first-order chi connectivity index (χ1) is 14.3. The van der Waals surface area contributed by atoms with Gasteiger partial charge >= 0.3 is 0 Å². The molecule has 0 saturated heterocycles. The average Bonchev–Trinajstić information content (AvgIpc) is 2.75. The maximum atomic E-state index is 12.8. The van der Waals surface area contributed by atoms with Gasteiger partial charge in [0.15, 0.2) is 0 Å². The molecule has 0 atom stereocenters. The lowest BCUT2D eigenvalue weighted by Gasteiger charge is -2.13. The zero-order valence-corrected chi connectivity index (χ0v) is 17.8. The molecule has 9 heteroatoms. The van der Waals surface area contributed by atoms with Crippen LogP contribution in [0, 0.1) is 0 Å². The number of methoxy groups -OCH3 is 2. The van der Waals surface area contributed by atoms with Crippen molar-refractivity contribution < 1.29 is 22.7 Å². The third-order valence-electron chi connectivity index (χ3n) is 4.17. The molecule has 7 nitrogen and oxygen atoms in total. The van der Waals surface area contributed by atoms with Crippen LogP contribution in [0.1, 0.15) is 10.4 Å². The minimum atomic E-state index is -3.80. The van der Waals surface area contributed by atoms with E-state index in [2.05, 4.69) is 10.0 Å². The number of sulfonamides is 1. The zero-order valence-electron chi connectivity index (χ0n) is 16.2. The van der Waals surface area contributed by atoms with Crippen LogP contribution in [-0.4, -0.2) is 28.5 Å². The van der Waals surface area contributed by atoms with Crippen molar-refractivity contribution in [1.29, 1.82) is 0 Å². The van der Waals surface area contributed by atoms with E-state index in [1.807, 2.05) is 0 Å². The molecule has 0 heterocycles. The number of nitrogens with one attached hydrogen (secondary N) is 2. The molecule has 3 aromatic carbocycles. The summed E-state index contributed by atoms with van der Waals surface area (Å²) in [6.07, 6.45) is 0. The van der Waals surface area contributed by atoms with Crippen LogP contribution in [0.4, 0.5) is 11.4 Å². The molecule has 3 aromatic rings. The number of amides is 1. The topological polar surface area (TPSA) is 93.7 Å². The summed E-state index contributed by atoms with van der Waals surface area (Å²) in [5.74, 6) is 0.448. The molecule has 0 aliphatic carbocycles. The van der Waals surface area contributed by atoms with Crippen LogP contribution >= 0.6 is 11.6 Å². The molecule has 3 rings (SSSR count). The Morgan fingerprint density at radius 3 is 2.33 bits per heavy atom. The third kappa shape index (κ3) is 4.84. The lowest BCUT2D eigenvalue weighted by molar-refractivity contribution is 0.102. The van der Waals surface area contributed by atoms with E-state index in [1.165, 1.54) is 44.6 Å². The van der Waals surface area contributed by atoms with Gasteiger partial charge in [-0.2, -0.15) is 0 Å². The predicted octanol–water partition coefficient (Wildman–Crippen LogP) is 4.41. The van der Waals surface area contributed by atoms with Crippen molar-refractivity contribution in [3.8, 4) is 11.5 Å². The normalized spacial score (nSPS) is 10.9. The summed E-state index contributed by atoms with van der Waals surface area (Å²) in [5.41, 5.74) is 0.715. The minimum absolute atomic E-state index is 0.0998. The highest BCUT2D eigenvalue weighted by Crippen LogP contribution is 2.30. The van der Waals surface area contributed by atoms with Crippen LogP contribution in [-0.2, 0) is 10.0 Å². The lowest BCUT2D eigenvalue weighted by Crippen LogP contribution is -2.16. The Balaban J connectivity index is 1.86. The Morgan fingerprint density at radius 1 is 0.933 bits per heavy atom. The largest absolute Gasteiger partial charge is 0.497 e. The molecule has 2 N–H and O–H groups in total. The van der Waals surface area contributed by atoms with Crippen LogP contribution in [0.15, 0.2) is 71.6 Å². The SMILES string of the molecule is COc1ccc(NC(=O)c2cc(NS(=O)(=O)c3ccccc3)ccc2Cl)c(OC)c1. The second-order valence-electron chi connectivity index (χ2n) is 6.13. The van der Waals surface area contributed by atoms with Crippen LogP contribution in [0.5, 0.6) is 11.5 Å². The second kappa shape index (κ2) is 9.06. The second-order valence-corrected chi connectivity index (χ2v) is 8.22. The van der Waals surface area contributed by atoms with E-state index >= 15 is 0 Å². The number of hydrogen-bond donors (Lipinski definition) is 2. The number of halogens is 1. The summed E-state index contributed by atoms with van der Waals surface area (Å²) in [4.78, 5) is 12.9. The van der Waals surface area contributed by atoms with Gasteiger partial charge < -0.3 is 14.8 Å². The van der Waals surface area contributed by atoms with Crippen molar-refractivity contribution in [3.63, 3.8) is 0 Å². The first-order valence-electron chi connectivity index (χ1n) is 8.75. The van der Waals surface area contributed by atoms with Gasteiger partial charge in [-0.15, -0.1) is 0 Å². The van der Waals surface area contributed by atoms with E-state index in [0.29, 0.717) is 17.2 Å². The molecule has 0 bridgehead atoms. The van der Waals surface area contributed by atoms with Gasteiger partial charge in [-0.3, -0.25) is 9.52 Å². The van der Waals surface area contributed by atoms with E-state index in [9.17, 15) is 13.2 Å². The Labute approximate surface area is 179 Å². The molecular weight excluding hydrogens is 428 g/mol. The molecule has 30 heavy (non-hydrogen) atoms. The van der Waals surface area contributed by atoms with Crippen molar-refractivity contribution in [1.82, 2.24) is 0 Å². The molecule has 0 fully saturated rings. The van der Waals surface area contributed by atoms with Gasteiger partial charge in [0.2, 0.25) is 0 Å². The van der Waals surface area contributed by atoms with Gasteiger partial charge in [0.05, 0.1) is 35.4 Å². The maximum Gasteiger partial charge on any atom is 0.261 e. The Morgan fingerprint density at radius 2 is 1.67 bits per heavy atom. The molecule has 0 saturated carbocycles. The molecule has 0 spiro atoms. The molecule has 0 aromatic heterocycles. The summed E-state index contributed by atoms with van der Waals surface area (Å²) in [6.45, 7) is 0. The first kappa shape index (κ1) is 21.5. The lowest BCUT2D eigenvalue weighted by atomic mass is 10.1. The van der Waals surface area contributed by atoms with E-state index in [-0.39, 0.29) is 21.2 Å². The summed E-state index contributed by atoms with van der Waals surface area (Å²) >= 11 is 6.18. The van der Waals surface area contributed by atoms with Crippen molar-refractivity contribution in [2.75, 3.05) is 24.3 Å². The Hall–Kier alpha value is -3.23. The fourth-order valence-electron chi connectivity index (χ4n) is 2.67. The number of anilines is 2. The van der Waals surface area contributed by atoms with Crippen molar-refractivity contribution >= 4 is 38.9 Å². The van der Waals surface area contributed by atoms with Gasteiger partial charge in [0, 0.05) is 11.8 Å². The number of carbonyl (C=O) groups excluding carboxylic acids is 1. The smallest absolute Gasteiger partial charge is 0.261 e. The summed E-state index contributed by atoms with van der Waals surface area (Å²) < 4.78 is 37.9. The fourth-order valence-corrected chi connectivity index (χ4v) is 3.94. The van der Waals surface area contributed by atoms with Crippen LogP contribution in [0.25, 0.3) is 0 Å². The molecule has 156 valence electrons. The standard InChI is InChI=1S/C21H19ClN2O5S/c1-28-15-9-11-19(20(13-15)29-2)23-21(25)17-12-14(8-10-18(17)22)24-30(26,27)16-6-4-3-5-7-16/h3-13,24H,1-2H3,(H,23,25). The molecule has 0 unspecified atom stereocenters. The van der Waals surface area contributed by atoms with Crippen molar-refractivity contribution in [2.24, 2.45) is 0 Å². The molecule has 0 aliphatic rings. The fraction of sp³-hybridized carbons (Fsp3) is 0.0952. The van der Waals surface area contributed by atoms with Crippen LogP contribution < -0.4 is 19.5 Å². The van der Waals surface area contributed by atoms with Gasteiger partial charge in [0.25, 0.3) is 15.9 Å². The van der Waals surface area contributed by atoms with Gasteiger partial charge in [-0.1, -0.05) is 29.8 Å². The van der Waals surface area contributed by atoms with Crippen molar-refractivity contribution in [3.05, 3.63) is 77.3 Å². The molecule has 0 radical (unpaired) electrons. The molecular formula is C21H19ClN2O5S. The van der Waals surface area contributed by atoms with E-state index in [0.717, 1.165) is 0 Å². The Kier molecular flexibility index (Phi) is 6.49. The number of carbonyl (C=O) groups is 1. The summed E-state index contributed by atoms with van der Waals surface area (Å²) in [5, 5.41) is 2.88. The number of hydrogen-bond acceptors (Lipinski definition) is 5. The highest BCUT2D eigenvalue weighted by Gasteiger charge is 2.18. The summed E-state index contributed by atoms with van der Waals surface area (Å²) in [7, 11) is -0.813. The zero-order chi connectivity index (χ0) is 21.7. The van der Waals surface area contributed by atoms with Gasteiger partial charge in [0.1, 0.15) is 11.5 Å². The van der Waals surface area contributed by atoms with E-state index in [4.69, 9.17) is 21.1 Å². The summed E-state index contributed by atoms with van der Waals surface area (Å²) in [6, 6.07) is 17.1. The highest BCUT2D eigenvalue weighted by atomic mass is 35.5. The number of ether oxygens (including phenoxy) is 2. The van der Waals surface area contributed by atoms with Crippen LogP contribution in [0.3, 0.4) is 0 Å². The molecule has 0 aliphatic heterocycles. The third-order valence-corrected chi connectivity index (χ3v) is 5.90. The average molecular weight is 447 g/mol. The monoisotopic (exact) mass is 446 g/mol. The molecule has 1 amide bonds. The highest BCUT2D eigenvalue weighted by molar-refractivity contribution is 7.92. The van der Waals surface area contributed by atoms with Gasteiger partial charge in [-0.25, -0.2) is 8.42 Å². The van der Waals surface area contributed by atoms with Crippen molar-refractivity contribution in [2.45, 2.75) is 4.90 Å². The predicted molar refractivity (Wildman–Crippen MR) is 116 cm³/mol. The first-order valence-corrected chi connectivity index (χ1v) is 10.6. The number of rotatable bonds is 7. The number of benzene rings is 3. The van der Waals surface area contributed by atoms with Gasteiger partial charge in [-0.05, 0) is 42.5 Å². The Bertz CT molecular complexity index is 1170. The minimum Gasteiger partial charge on any atom is -0.497 e. The van der Waals surface area contributed by atoms with E-state index < -0.39 is 15.9 Å².